The third-order valence-corrected chi connectivity index (χ3v) is 6.32. The Labute approximate surface area is 223 Å². The Morgan fingerprint density at radius 2 is 0.816 bits per heavy atom. The van der Waals surface area contributed by atoms with Crippen LogP contribution in [0.1, 0.15) is 20.7 Å². The molecule has 6 heteroatoms. The SMILES string of the molecule is COc1ccc(N(C)/C(C(=O)c2ccccc2)=C(/C(=O)c2ccccc2)N(C)c2ccc(OC)cc2)cc1. The average Bonchev–Trinajstić information content (AvgIpc) is 2.99. The van der Waals surface area contributed by atoms with Crippen LogP contribution in [-0.4, -0.2) is 39.9 Å². The lowest BCUT2D eigenvalue weighted by Crippen LogP contribution is -2.34. The van der Waals surface area contributed by atoms with Crippen molar-refractivity contribution in [2.45, 2.75) is 0 Å². The summed E-state index contributed by atoms with van der Waals surface area (Å²) in [6, 6.07) is 32.7. The van der Waals surface area contributed by atoms with Gasteiger partial charge in [0.25, 0.3) is 0 Å². The molecular formula is C32H30N2O4. The van der Waals surface area contributed by atoms with Crippen molar-refractivity contribution in [2.24, 2.45) is 0 Å². The van der Waals surface area contributed by atoms with Gasteiger partial charge in [-0.25, -0.2) is 0 Å². The maximum atomic E-state index is 14.2. The molecule has 0 bridgehead atoms. The van der Waals surface area contributed by atoms with E-state index in [-0.39, 0.29) is 23.0 Å². The number of Topliss-reactive ketones (excluding diaryl/α,β-unsaturated/α-hetero) is 2. The summed E-state index contributed by atoms with van der Waals surface area (Å²) in [6.45, 7) is 0. The van der Waals surface area contributed by atoms with Gasteiger partial charge in [-0.2, -0.15) is 0 Å². The minimum absolute atomic E-state index is 0.244. The van der Waals surface area contributed by atoms with Crippen LogP contribution in [0.15, 0.2) is 121 Å². The van der Waals surface area contributed by atoms with Gasteiger partial charge in [0.15, 0.2) is 0 Å². The lowest BCUT2D eigenvalue weighted by molar-refractivity contribution is 0.0995. The number of hydrogen-bond acceptors (Lipinski definition) is 6. The molecule has 0 spiro atoms. The first kappa shape index (κ1) is 26.2. The van der Waals surface area contributed by atoms with E-state index in [1.54, 1.807) is 62.4 Å². The number of hydrogen-bond donors (Lipinski definition) is 0. The number of anilines is 2. The molecule has 192 valence electrons. The van der Waals surface area contributed by atoms with Crippen LogP contribution in [0.2, 0.25) is 0 Å². The number of allylic oxidation sites excluding steroid dienone is 2. The molecule has 4 aromatic rings. The van der Waals surface area contributed by atoms with Crippen molar-refractivity contribution in [3.05, 3.63) is 132 Å². The molecule has 0 aliphatic heterocycles. The normalized spacial score (nSPS) is 11.3. The quantitative estimate of drug-likeness (QED) is 0.187. The van der Waals surface area contributed by atoms with Gasteiger partial charge >= 0.3 is 0 Å². The van der Waals surface area contributed by atoms with Gasteiger partial charge in [0, 0.05) is 36.6 Å². The summed E-state index contributed by atoms with van der Waals surface area (Å²) in [6.07, 6.45) is 0. The lowest BCUT2D eigenvalue weighted by atomic mass is 9.99. The second-order valence-electron chi connectivity index (χ2n) is 8.60. The summed E-state index contributed by atoms with van der Waals surface area (Å²) in [4.78, 5) is 31.9. The van der Waals surface area contributed by atoms with E-state index in [1.807, 2.05) is 84.9 Å². The van der Waals surface area contributed by atoms with Crippen LogP contribution in [0.5, 0.6) is 11.5 Å². The molecule has 0 heterocycles. The number of carbonyl (C=O) groups excluding carboxylic acids is 2. The van der Waals surface area contributed by atoms with Crippen LogP contribution in [0.25, 0.3) is 0 Å². The van der Waals surface area contributed by atoms with Gasteiger partial charge in [0.2, 0.25) is 11.6 Å². The summed E-state index contributed by atoms with van der Waals surface area (Å²) in [5.74, 6) is 0.836. The van der Waals surface area contributed by atoms with Crippen molar-refractivity contribution in [3.8, 4) is 11.5 Å². The largest absolute Gasteiger partial charge is 0.497 e. The Balaban J connectivity index is 1.97. The summed E-state index contributed by atoms with van der Waals surface area (Å²) < 4.78 is 10.6. The Morgan fingerprint density at radius 1 is 0.500 bits per heavy atom. The molecule has 0 fully saturated rings. The van der Waals surface area contributed by atoms with E-state index in [9.17, 15) is 9.59 Å². The highest BCUT2D eigenvalue weighted by Gasteiger charge is 2.30. The van der Waals surface area contributed by atoms with E-state index in [4.69, 9.17) is 9.47 Å². The fourth-order valence-electron chi connectivity index (χ4n) is 4.16. The molecule has 4 aromatic carbocycles. The first-order valence-corrected chi connectivity index (χ1v) is 12.1. The van der Waals surface area contributed by atoms with Crippen LogP contribution in [0.3, 0.4) is 0 Å². The van der Waals surface area contributed by atoms with Crippen LogP contribution in [0, 0.1) is 0 Å². The summed E-state index contributed by atoms with van der Waals surface area (Å²) in [5.41, 5.74) is 2.90. The van der Waals surface area contributed by atoms with E-state index in [2.05, 4.69) is 0 Å². The van der Waals surface area contributed by atoms with Crippen LogP contribution in [0.4, 0.5) is 11.4 Å². The number of carbonyl (C=O) groups is 2. The molecule has 0 radical (unpaired) electrons. The summed E-state index contributed by atoms with van der Waals surface area (Å²) in [5, 5.41) is 0. The van der Waals surface area contributed by atoms with Gasteiger partial charge in [-0.3, -0.25) is 9.59 Å². The third-order valence-electron chi connectivity index (χ3n) is 6.32. The number of ketones is 2. The number of rotatable bonds is 10. The van der Waals surface area contributed by atoms with Crippen molar-refractivity contribution < 1.29 is 19.1 Å². The van der Waals surface area contributed by atoms with Crippen molar-refractivity contribution in [2.75, 3.05) is 38.1 Å². The fourth-order valence-corrected chi connectivity index (χ4v) is 4.16. The van der Waals surface area contributed by atoms with E-state index >= 15 is 0 Å². The zero-order chi connectivity index (χ0) is 27.1. The predicted molar refractivity (Wildman–Crippen MR) is 151 cm³/mol. The molecule has 0 aromatic heterocycles. The number of ether oxygens (including phenoxy) is 2. The minimum Gasteiger partial charge on any atom is -0.497 e. The molecule has 38 heavy (non-hydrogen) atoms. The first-order valence-electron chi connectivity index (χ1n) is 12.1. The van der Waals surface area contributed by atoms with E-state index < -0.39 is 0 Å². The fraction of sp³-hybridized carbons (Fsp3) is 0.125. The van der Waals surface area contributed by atoms with Gasteiger partial charge in [-0.1, -0.05) is 60.7 Å². The highest BCUT2D eigenvalue weighted by atomic mass is 16.5. The topological polar surface area (TPSA) is 59.1 Å². The Morgan fingerprint density at radius 3 is 1.11 bits per heavy atom. The highest BCUT2D eigenvalue weighted by Crippen LogP contribution is 2.31. The van der Waals surface area contributed by atoms with Gasteiger partial charge in [-0.15, -0.1) is 0 Å². The number of methoxy groups -OCH3 is 2. The van der Waals surface area contributed by atoms with Gasteiger partial charge in [0.05, 0.1) is 14.2 Å². The van der Waals surface area contributed by atoms with E-state index in [1.165, 1.54) is 0 Å². The molecule has 0 atom stereocenters. The smallest absolute Gasteiger partial charge is 0.211 e. The van der Waals surface area contributed by atoms with Crippen molar-refractivity contribution in [1.29, 1.82) is 0 Å². The molecule has 0 saturated carbocycles. The Hall–Kier alpha value is -4.84. The van der Waals surface area contributed by atoms with Crippen LogP contribution in [-0.2, 0) is 0 Å². The van der Waals surface area contributed by atoms with E-state index in [0.29, 0.717) is 22.6 Å². The number of likely N-dealkylation sites (N-methyl/N-ethyl adjacent to an activating group) is 2. The lowest BCUT2D eigenvalue weighted by Gasteiger charge is -2.30. The molecule has 6 nitrogen and oxygen atoms in total. The molecule has 4 rings (SSSR count). The monoisotopic (exact) mass is 506 g/mol. The second kappa shape index (κ2) is 11.9. The maximum Gasteiger partial charge on any atom is 0.211 e. The number of nitrogens with zero attached hydrogens (tertiary/aromatic N) is 2. The van der Waals surface area contributed by atoms with Crippen molar-refractivity contribution in [3.63, 3.8) is 0 Å². The predicted octanol–water partition coefficient (Wildman–Crippen LogP) is 6.25. The molecule has 0 unspecified atom stereocenters. The molecule has 0 aliphatic rings. The first-order chi connectivity index (χ1) is 18.4. The second-order valence-corrected chi connectivity index (χ2v) is 8.60. The molecule has 0 aliphatic carbocycles. The van der Waals surface area contributed by atoms with Gasteiger partial charge in [0.1, 0.15) is 22.9 Å². The third kappa shape index (κ3) is 5.60. The molecule has 0 amide bonds. The zero-order valence-electron chi connectivity index (χ0n) is 21.9. The Kier molecular flexibility index (Phi) is 8.23. The maximum absolute atomic E-state index is 14.2. The average molecular weight is 507 g/mol. The Bertz CT molecular complexity index is 1300. The van der Waals surface area contributed by atoms with Gasteiger partial charge in [-0.05, 0) is 48.5 Å². The summed E-state index contributed by atoms with van der Waals surface area (Å²) in [7, 11) is 6.78. The summed E-state index contributed by atoms with van der Waals surface area (Å²) >= 11 is 0. The van der Waals surface area contributed by atoms with Crippen molar-refractivity contribution >= 4 is 22.9 Å². The molecule has 0 saturated heterocycles. The zero-order valence-corrected chi connectivity index (χ0v) is 21.9. The van der Waals surface area contributed by atoms with E-state index in [0.717, 1.165) is 11.4 Å². The number of benzene rings is 4. The van der Waals surface area contributed by atoms with Crippen LogP contribution >= 0.6 is 0 Å². The molecular weight excluding hydrogens is 476 g/mol. The van der Waals surface area contributed by atoms with Crippen LogP contribution < -0.4 is 19.3 Å². The molecule has 0 N–H and O–H groups in total. The standard InChI is InChI=1S/C32H30N2O4/c1-33(25-15-19-27(37-3)20-16-25)29(31(35)23-11-7-5-8-12-23)30(32(36)24-13-9-6-10-14-24)34(2)26-17-21-28(38-4)22-18-26/h5-22H,1-4H3/b30-29-. The minimum atomic E-state index is -0.274. The van der Waals surface area contributed by atoms with Crippen molar-refractivity contribution in [1.82, 2.24) is 0 Å². The van der Waals surface area contributed by atoms with Gasteiger partial charge < -0.3 is 19.3 Å². The highest BCUT2D eigenvalue weighted by molar-refractivity contribution is 6.20.